The van der Waals surface area contributed by atoms with Crippen LogP contribution in [-0.4, -0.2) is 23.9 Å². The van der Waals surface area contributed by atoms with Crippen LogP contribution in [0.15, 0.2) is 54.9 Å². The molecule has 0 radical (unpaired) electrons. The molecule has 0 aliphatic rings. The van der Waals surface area contributed by atoms with E-state index in [1.54, 1.807) is 12.4 Å². The molecule has 0 spiro atoms. The van der Waals surface area contributed by atoms with Gasteiger partial charge in [-0.05, 0) is 48.8 Å². The summed E-state index contributed by atoms with van der Waals surface area (Å²) in [6.07, 6.45) is 6.06. The summed E-state index contributed by atoms with van der Waals surface area (Å²) in [5.41, 5.74) is 0. The van der Waals surface area contributed by atoms with Gasteiger partial charge < -0.3 is 4.74 Å². The number of nitrogens with zero attached hydrogens (tertiary/aromatic N) is 1. The van der Waals surface area contributed by atoms with Crippen molar-refractivity contribution in [3.63, 3.8) is 0 Å². The maximum absolute atomic E-state index is 8.49. The van der Waals surface area contributed by atoms with E-state index in [0.29, 0.717) is 0 Å². The molecule has 9 heteroatoms. The zero-order valence-corrected chi connectivity index (χ0v) is 18.7. The van der Waals surface area contributed by atoms with Crippen LogP contribution in [0.4, 0.5) is 0 Å². The van der Waals surface area contributed by atoms with E-state index in [2.05, 4.69) is 43.1 Å². The Bertz CT molecular complexity index is 506. The normalized spacial score (nSPS) is 9.85. The summed E-state index contributed by atoms with van der Waals surface area (Å²) in [6, 6.07) is 14.3. The number of rotatable bonds is 5. The minimum absolute atomic E-state index is 0. The molecular formula is C17H24AuClNO5P. The van der Waals surface area contributed by atoms with Gasteiger partial charge >= 0.3 is 22.4 Å². The van der Waals surface area contributed by atoms with Crippen molar-refractivity contribution in [2.75, 3.05) is 18.9 Å². The van der Waals surface area contributed by atoms with E-state index in [0.717, 1.165) is 12.4 Å². The fourth-order valence-corrected chi connectivity index (χ4v) is 3.57. The molecule has 0 N–H and O–H groups in total. The second-order valence-electron chi connectivity index (χ2n) is 4.50. The van der Waals surface area contributed by atoms with Crippen molar-refractivity contribution in [1.29, 1.82) is 0 Å². The largest absolute Gasteiger partial charge is 1.00 e. The Hall–Kier alpha value is -0.530. The number of benzene rings is 1. The number of hydrogen-bond donors (Lipinski definition) is 0. The molecule has 0 saturated carbocycles. The molecule has 0 saturated heterocycles. The van der Waals surface area contributed by atoms with E-state index < -0.39 is 10.2 Å². The van der Waals surface area contributed by atoms with Gasteiger partial charge in [0.05, 0.1) is 6.61 Å². The van der Waals surface area contributed by atoms with E-state index in [-0.39, 0.29) is 30.3 Å². The van der Waals surface area contributed by atoms with E-state index in [1.807, 2.05) is 25.1 Å². The van der Waals surface area contributed by atoms with Gasteiger partial charge in [-0.2, -0.15) is 0 Å². The average molecular weight is 586 g/mol. The second kappa shape index (κ2) is 16.6. The second-order valence-corrected chi connectivity index (χ2v) is 8.12. The molecule has 1 heterocycles. The maximum atomic E-state index is 8.49. The Balaban J connectivity index is 0. The summed E-state index contributed by atoms with van der Waals surface area (Å²) in [7, 11) is -4.87. The zero-order valence-electron chi connectivity index (χ0n) is 14.9. The summed E-state index contributed by atoms with van der Waals surface area (Å²) in [5.74, 6) is 0.985. The molecule has 0 aliphatic heterocycles. The van der Waals surface area contributed by atoms with Gasteiger partial charge in [0.1, 0.15) is 5.75 Å². The van der Waals surface area contributed by atoms with Gasteiger partial charge in [-0.1, -0.05) is 40.0 Å². The molecule has 2 aromatic rings. The minimum atomic E-state index is -4.94. The summed E-state index contributed by atoms with van der Waals surface area (Å²) in [6.45, 7) is 7.30. The zero-order chi connectivity index (χ0) is 19.1. The topological polar surface area (TPSA) is 114 Å². The molecule has 2 rings (SSSR count). The van der Waals surface area contributed by atoms with Crippen LogP contribution in [0, 0.1) is 10.2 Å². The van der Waals surface area contributed by atoms with E-state index in [1.165, 1.54) is 17.6 Å². The Morgan fingerprint density at radius 3 is 1.62 bits per heavy atom. The molecule has 150 valence electrons. The monoisotopic (exact) mass is 585 g/mol. The average Bonchev–Trinajstić information content (AvgIpc) is 2.58. The first kappa shape index (κ1) is 27.7. The van der Waals surface area contributed by atoms with Crippen molar-refractivity contribution in [2.45, 2.75) is 20.8 Å². The molecule has 1 aromatic heterocycles. The number of halogens is 1. The fraction of sp³-hybridized carbons (Fsp3) is 0.353. The third-order valence-electron chi connectivity index (χ3n) is 2.84. The van der Waals surface area contributed by atoms with Crippen molar-refractivity contribution in [1.82, 2.24) is 4.98 Å². The summed E-state index contributed by atoms with van der Waals surface area (Å²) in [5, 5.41) is 1.49. The van der Waals surface area contributed by atoms with Crippen LogP contribution in [0.2, 0.25) is 0 Å². The third kappa shape index (κ3) is 16.9. The molecule has 0 atom stereocenters. The summed E-state index contributed by atoms with van der Waals surface area (Å²) in [4.78, 5) is 3.78. The standard InChI is InChI=1S/C12H19OP.C5H5N.Au.ClHO4/c1-4-13-11-7-9-12(10-8-11)14(5-2)6-3;1-2-4-6-5-3-1;;2-1(3,4)5/h7-10H,4-6H2,1-3H3;1-5H;;(H,2,3,4,5)/q;;+1;/p-1. The van der Waals surface area contributed by atoms with Crippen molar-refractivity contribution in [3.8, 4) is 5.75 Å². The molecule has 0 amide bonds. The van der Waals surface area contributed by atoms with Crippen LogP contribution < -0.4 is 28.7 Å². The predicted octanol–water partition coefficient (Wildman–Crippen LogP) is -0.445. The van der Waals surface area contributed by atoms with Gasteiger partial charge in [0.15, 0.2) is 0 Å². The van der Waals surface area contributed by atoms with Crippen molar-refractivity contribution >= 4 is 13.2 Å². The summed E-state index contributed by atoms with van der Waals surface area (Å²) < 4.78 is 39.4. The first-order valence-corrected chi connectivity index (χ1v) is 10.7. The van der Waals surface area contributed by atoms with Gasteiger partial charge in [-0.15, -0.1) is 10.2 Å². The molecule has 0 unspecified atom stereocenters. The first-order chi connectivity index (χ1) is 11.8. The molecule has 0 aliphatic carbocycles. The Morgan fingerprint density at radius 1 is 0.885 bits per heavy atom. The van der Waals surface area contributed by atoms with E-state index in [9.17, 15) is 0 Å². The smallest absolute Gasteiger partial charge is 0.494 e. The van der Waals surface area contributed by atoms with Crippen molar-refractivity contribution in [2.24, 2.45) is 0 Å². The van der Waals surface area contributed by atoms with Crippen LogP contribution in [-0.2, 0) is 22.4 Å². The SMILES string of the molecule is CCOc1ccc(P(CC)CC)cc1.[Au+].[O-][Cl+3]([O-])([O-])[O-].c1ccncc1. The molecule has 0 fully saturated rings. The Morgan fingerprint density at radius 2 is 1.35 bits per heavy atom. The quantitative estimate of drug-likeness (QED) is 0.347. The van der Waals surface area contributed by atoms with Gasteiger partial charge in [0.25, 0.3) is 0 Å². The molecule has 6 nitrogen and oxygen atoms in total. The number of aromatic nitrogens is 1. The van der Waals surface area contributed by atoms with Gasteiger partial charge in [0.2, 0.25) is 0 Å². The molecule has 26 heavy (non-hydrogen) atoms. The number of pyridine rings is 1. The Kier molecular flexibility index (Phi) is 17.7. The minimum Gasteiger partial charge on any atom is -0.494 e. The number of ether oxygens (including phenoxy) is 1. The predicted molar refractivity (Wildman–Crippen MR) is 89.5 cm³/mol. The van der Waals surface area contributed by atoms with Crippen LogP contribution in [0.1, 0.15) is 20.8 Å². The van der Waals surface area contributed by atoms with Gasteiger partial charge in [-0.25, -0.2) is 18.6 Å². The van der Waals surface area contributed by atoms with Crippen molar-refractivity contribution in [3.05, 3.63) is 54.9 Å². The van der Waals surface area contributed by atoms with Crippen LogP contribution in [0.3, 0.4) is 0 Å². The van der Waals surface area contributed by atoms with E-state index in [4.69, 9.17) is 23.4 Å². The molecule has 0 bridgehead atoms. The van der Waals surface area contributed by atoms with Crippen LogP contribution in [0.25, 0.3) is 0 Å². The fourth-order valence-electron chi connectivity index (χ4n) is 1.82. The van der Waals surface area contributed by atoms with Crippen molar-refractivity contribution < 1.29 is 56.0 Å². The van der Waals surface area contributed by atoms with E-state index >= 15 is 0 Å². The van der Waals surface area contributed by atoms with Gasteiger partial charge in [-0.3, -0.25) is 4.98 Å². The summed E-state index contributed by atoms with van der Waals surface area (Å²) >= 11 is 0. The molecule has 1 aromatic carbocycles. The first-order valence-electron chi connectivity index (χ1n) is 7.76. The molecular weight excluding hydrogens is 562 g/mol. The maximum Gasteiger partial charge on any atom is 1.00 e. The van der Waals surface area contributed by atoms with Crippen LogP contribution in [0.5, 0.6) is 5.75 Å². The third-order valence-corrected chi connectivity index (χ3v) is 5.40. The Labute approximate surface area is 174 Å². The van der Waals surface area contributed by atoms with Gasteiger partial charge in [0, 0.05) is 12.4 Å². The number of hydrogen-bond acceptors (Lipinski definition) is 6. The van der Waals surface area contributed by atoms with Crippen LogP contribution >= 0.6 is 7.92 Å².